The molecule has 0 aromatic heterocycles. The largest absolute Gasteiger partial charge is 0.333 e. The highest BCUT2D eigenvalue weighted by molar-refractivity contribution is 5.90. The fourth-order valence-electron chi connectivity index (χ4n) is 0.421. The molecule has 0 bridgehead atoms. The molecule has 0 saturated carbocycles. The first-order chi connectivity index (χ1) is 5.54. The number of rotatable bonds is 3. The lowest BCUT2D eigenvalue weighted by Crippen LogP contribution is -2.35. The van der Waals surface area contributed by atoms with Crippen LogP contribution in [0.5, 0.6) is 0 Å². The van der Waals surface area contributed by atoms with Crippen LogP contribution in [-0.2, 0) is 4.79 Å². The van der Waals surface area contributed by atoms with E-state index in [4.69, 9.17) is 5.41 Å². The average molecular weight is 173 g/mol. The minimum absolute atomic E-state index is 0.0926. The summed E-state index contributed by atoms with van der Waals surface area (Å²) in [4.78, 5) is 11.0. The Balaban J connectivity index is 0. The molecule has 0 aliphatic carbocycles. The maximum absolute atomic E-state index is 11.0. The summed E-state index contributed by atoms with van der Waals surface area (Å²) in [5, 5.41) is 8.97. The van der Waals surface area contributed by atoms with Gasteiger partial charge in [0.2, 0.25) is 5.91 Å². The summed E-state index contributed by atoms with van der Waals surface area (Å²) >= 11 is 0. The molecule has 0 rings (SSSR count). The maximum Gasteiger partial charge on any atom is 0.230 e. The van der Waals surface area contributed by atoms with Gasteiger partial charge in [-0.25, -0.2) is 0 Å². The third-order valence-electron chi connectivity index (χ3n) is 1.70. The van der Waals surface area contributed by atoms with Gasteiger partial charge in [-0.2, -0.15) is 0 Å². The molecule has 0 heterocycles. The summed E-state index contributed by atoms with van der Waals surface area (Å²) in [6.07, 6.45) is 1.70. The molecule has 1 amide bonds. The van der Waals surface area contributed by atoms with Crippen molar-refractivity contribution in [2.24, 2.45) is 11.1 Å². The highest BCUT2D eigenvalue weighted by Gasteiger charge is 2.23. The molecule has 0 aliphatic rings. The van der Waals surface area contributed by atoms with Gasteiger partial charge in [-0.05, 0) is 13.5 Å². The summed E-state index contributed by atoms with van der Waals surface area (Å²) in [5.41, 5.74) is 4.15. The lowest BCUT2D eigenvalue weighted by atomic mass is 9.89. The Morgan fingerprint density at radius 2 is 2.00 bits per heavy atom. The predicted molar refractivity (Wildman–Crippen MR) is 51.1 cm³/mol. The smallest absolute Gasteiger partial charge is 0.230 e. The quantitative estimate of drug-likeness (QED) is 0.434. The van der Waals surface area contributed by atoms with E-state index in [0.717, 1.165) is 12.8 Å². The van der Waals surface area contributed by atoms with Crippen LogP contribution in [0.1, 0.15) is 27.2 Å². The van der Waals surface area contributed by atoms with Gasteiger partial charge in [-0.15, -0.1) is 0 Å². The second kappa shape index (κ2) is 6.79. The number of nitrogens with one attached hydrogen (secondary N) is 2. The van der Waals surface area contributed by atoms with Gasteiger partial charge >= 0.3 is 0 Å². The van der Waals surface area contributed by atoms with E-state index in [1.807, 2.05) is 20.8 Å². The molecule has 0 atom stereocenters. The van der Waals surface area contributed by atoms with Gasteiger partial charge in [-0.3, -0.25) is 10.2 Å². The molecule has 0 spiro atoms. The Labute approximate surface area is 74.0 Å². The molecular weight excluding hydrogens is 154 g/mol. The molecular formula is C8H19N3O. The third-order valence-corrected chi connectivity index (χ3v) is 1.70. The number of nitrogens with two attached hydrogens (primary N) is 1. The normalized spacial score (nSPS) is 9.42. The van der Waals surface area contributed by atoms with E-state index in [9.17, 15) is 4.79 Å². The van der Waals surface area contributed by atoms with E-state index >= 15 is 0 Å². The molecule has 0 radical (unpaired) electrons. The van der Waals surface area contributed by atoms with Crippen molar-refractivity contribution in [3.8, 4) is 0 Å². The van der Waals surface area contributed by atoms with Gasteiger partial charge in [-0.1, -0.05) is 20.8 Å². The maximum atomic E-state index is 11.0. The van der Waals surface area contributed by atoms with Crippen molar-refractivity contribution in [3.05, 3.63) is 0 Å². The first-order valence-electron chi connectivity index (χ1n) is 3.92. The van der Waals surface area contributed by atoms with Crippen molar-refractivity contribution in [1.29, 1.82) is 5.41 Å². The second-order valence-corrected chi connectivity index (χ2v) is 2.86. The van der Waals surface area contributed by atoms with Crippen LogP contribution in [0, 0.1) is 10.8 Å². The Kier molecular flexibility index (Phi) is 7.73. The lowest BCUT2D eigenvalue weighted by molar-refractivity contribution is -0.127. The van der Waals surface area contributed by atoms with Crippen LogP contribution in [0.25, 0.3) is 0 Å². The van der Waals surface area contributed by atoms with E-state index in [1.54, 1.807) is 0 Å². The summed E-state index contributed by atoms with van der Waals surface area (Å²) in [6.45, 7) is 5.65. The van der Waals surface area contributed by atoms with Crippen LogP contribution >= 0.6 is 0 Å². The van der Waals surface area contributed by atoms with Gasteiger partial charge in [0.15, 0.2) is 0 Å². The SMILES string of the molecule is CCC(C)(C)C(=O)NC=N.CN. The number of carbonyl (C=O) groups excluding carboxylic acids is 1. The predicted octanol–water partition coefficient (Wildman–Crippen LogP) is 0.721. The van der Waals surface area contributed by atoms with E-state index in [1.165, 1.54) is 7.05 Å². The highest BCUT2D eigenvalue weighted by atomic mass is 16.2. The first-order valence-corrected chi connectivity index (χ1v) is 3.92. The zero-order chi connectivity index (χ0) is 10.2. The van der Waals surface area contributed by atoms with Crippen LogP contribution < -0.4 is 11.1 Å². The van der Waals surface area contributed by atoms with E-state index < -0.39 is 0 Å². The minimum atomic E-state index is -0.350. The van der Waals surface area contributed by atoms with Crippen molar-refractivity contribution in [2.45, 2.75) is 27.2 Å². The van der Waals surface area contributed by atoms with Gasteiger partial charge in [0.25, 0.3) is 0 Å². The highest BCUT2D eigenvalue weighted by Crippen LogP contribution is 2.18. The summed E-state index contributed by atoms with van der Waals surface area (Å²) in [7, 11) is 1.50. The molecule has 0 aliphatic heterocycles. The van der Waals surface area contributed by atoms with Gasteiger partial charge < -0.3 is 11.1 Å². The van der Waals surface area contributed by atoms with Crippen molar-refractivity contribution in [2.75, 3.05) is 7.05 Å². The monoisotopic (exact) mass is 173 g/mol. The second-order valence-electron chi connectivity index (χ2n) is 2.86. The van der Waals surface area contributed by atoms with E-state index in [0.29, 0.717) is 0 Å². The fraction of sp³-hybridized carbons (Fsp3) is 0.750. The van der Waals surface area contributed by atoms with Gasteiger partial charge in [0.1, 0.15) is 0 Å². The lowest BCUT2D eigenvalue weighted by Gasteiger charge is -2.19. The number of carbonyl (C=O) groups is 1. The Morgan fingerprint density at radius 3 is 2.25 bits per heavy atom. The number of hydrogen-bond acceptors (Lipinski definition) is 3. The fourth-order valence-corrected chi connectivity index (χ4v) is 0.421. The number of hydrogen-bond donors (Lipinski definition) is 3. The molecule has 12 heavy (non-hydrogen) atoms. The van der Waals surface area contributed by atoms with Crippen LogP contribution in [0.15, 0.2) is 0 Å². The topological polar surface area (TPSA) is 79.0 Å². The Morgan fingerprint density at radius 1 is 1.58 bits per heavy atom. The zero-order valence-corrected chi connectivity index (χ0v) is 8.27. The Bertz CT molecular complexity index is 143. The van der Waals surface area contributed by atoms with Crippen LogP contribution in [0.2, 0.25) is 0 Å². The third kappa shape index (κ3) is 4.85. The van der Waals surface area contributed by atoms with Gasteiger partial charge in [0, 0.05) is 5.41 Å². The summed E-state index contributed by atoms with van der Waals surface area (Å²) in [5.74, 6) is -0.0926. The summed E-state index contributed by atoms with van der Waals surface area (Å²) < 4.78 is 0. The molecule has 0 fully saturated rings. The molecule has 0 saturated heterocycles. The molecule has 0 aromatic rings. The van der Waals surface area contributed by atoms with E-state index in [2.05, 4.69) is 11.1 Å². The summed E-state index contributed by atoms with van der Waals surface area (Å²) in [6, 6.07) is 0. The molecule has 4 nitrogen and oxygen atoms in total. The first kappa shape index (κ1) is 13.7. The molecule has 4 N–H and O–H groups in total. The van der Waals surface area contributed by atoms with E-state index in [-0.39, 0.29) is 11.3 Å². The standard InChI is InChI=1S/C7H14N2O.CH5N/c1-4-7(2,3)6(10)9-5-8;1-2/h5H,4H2,1-3H3,(H2,8,9,10);2H2,1H3. The van der Waals surface area contributed by atoms with Crippen molar-refractivity contribution < 1.29 is 4.79 Å². The number of amides is 1. The molecule has 0 aromatic carbocycles. The van der Waals surface area contributed by atoms with Crippen LogP contribution in [0.4, 0.5) is 0 Å². The molecule has 72 valence electrons. The van der Waals surface area contributed by atoms with Crippen molar-refractivity contribution >= 4 is 12.2 Å². The van der Waals surface area contributed by atoms with Crippen molar-refractivity contribution in [1.82, 2.24) is 5.32 Å². The molecule has 4 heteroatoms. The van der Waals surface area contributed by atoms with Crippen LogP contribution in [-0.4, -0.2) is 19.3 Å². The molecule has 0 unspecified atom stereocenters. The van der Waals surface area contributed by atoms with Crippen molar-refractivity contribution in [3.63, 3.8) is 0 Å². The average Bonchev–Trinajstić information content (AvgIpc) is 2.08. The van der Waals surface area contributed by atoms with Crippen LogP contribution in [0.3, 0.4) is 0 Å². The minimum Gasteiger partial charge on any atom is -0.333 e. The Hall–Kier alpha value is -0.900. The zero-order valence-electron chi connectivity index (χ0n) is 8.27. The van der Waals surface area contributed by atoms with Gasteiger partial charge in [0.05, 0.1) is 6.34 Å².